The first-order chi connectivity index (χ1) is 20.2. The van der Waals surface area contributed by atoms with E-state index in [-0.39, 0.29) is 13.2 Å². The van der Waals surface area contributed by atoms with Crippen LogP contribution in [0, 0.1) is 23.7 Å². The molecule has 3 aromatic rings. The molecule has 0 bridgehead atoms. The Kier molecular flexibility index (Phi) is 10.3. The van der Waals surface area contributed by atoms with Crippen LogP contribution in [0.2, 0.25) is 0 Å². The minimum atomic E-state index is -2.36. The molecule has 1 aromatic carbocycles. The van der Waals surface area contributed by atoms with Crippen LogP contribution in [-0.4, -0.2) is 129 Å². The van der Waals surface area contributed by atoms with Crippen LogP contribution in [0.3, 0.4) is 0 Å². The lowest BCUT2D eigenvalue weighted by atomic mass is 9.82. The summed E-state index contributed by atoms with van der Waals surface area (Å²) in [7, 11) is 0. The molecule has 0 unspecified atom stereocenters. The number of aromatic nitrogens is 4. The molecule has 14 heteroatoms. The van der Waals surface area contributed by atoms with Gasteiger partial charge in [-0.1, -0.05) is 23.7 Å². The monoisotopic (exact) mass is 584 g/mol. The predicted octanol–water partition coefficient (Wildman–Crippen LogP) is -3.23. The van der Waals surface area contributed by atoms with Gasteiger partial charge >= 0.3 is 0 Å². The van der Waals surface area contributed by atoms with Gasteiger partial charge in [0.25, 0.3) is 0 Å². The van der Waals surface area contributed by atoms with Gasteiger partial charge in [-0.3, -0.25) is 4.68 Å². The van der Waals surface area contributed by atoms with E-state index in [2.05, 4.69) is 33.9 Å². The van der Waals surface area contributed by atoms with E-state index in [0.29, 0.717) is 22.6 Å². The maximum Gasteiger partial charge on any atom is 0.191 e. The summed E-state index contributed by atoms with van der Waals surface area (Å²) in [5, 5.41) is 87.3. The molecule has 42 heavy (non-hydrogen) atoms. The minimum Gasteiger partial charge on any atom is -0.491 e. The van der Waals surface area contributed by atoms with Crippen LogP contribution in [0.15, 0.2) is 49.1 Å². The van der Waals surface area contributed by atoms with Crippen LogP contribution in [-0.2, 0) is 11.3 Å². The minimum absolute atomic E-state index is 0.0134. The number of aliphatic hydroxyl groups is 8. The molecule has 1 fully saturated rings. The lowest BCUT2D eigenvalue weighted by Gasteiger charge is -2.43. The molecule has 14 nitrogen and oxygen atoms in total. The Hall–Kier alpha value is -3.80. The fraction of sp³-hybridized carbons (Fsp3) is 0.429. The Morgan fingerprint density at radius 2 is 1.64 bits per heavy atom. The fourth-order valence-electron chi connectivity index (χ4n) is 4.00. The molecule has 7 atom stereocenters. The summed E-state index contributed by atoms with van der Waals surface area (Å²) in [6.45, 7) is -1.55. The van der Waals surface area contributed by atoms with Crippen molar-refractivity contribution in [2.45, 2.75) is 48.8 Å². The summed E-state index contributed by atoms with van der Waals surface area (Å²) >= 11 is 0. The molecule has 0 spiro atoms. The molecule has 8 N–H and O–H groups in total. The average Bonchev–Trinajstić information content (AvgIpc) is 3.67. The molecule has 224 valence electrons. The van der Waals surface area contributed by atoms with Crippen molar-refractivity contribution in [2.24, 2.45) is 0 Å². The zero-order valence-electron chi connectivity index (χ0n) is 22.3. The van der Waals surface area contributed by atoms with Gasteiger partial charge in [0.2, 0.25) is 0 Å². The van der Waals surface area contributed by atoms with E-state index in [4.69, 9.17) is 19.7 Å². The summed E-state index contributed by atoms with van der Waals surface area (Å²) < 4.78 is 13.9. The third kappa shape index (κ3) is 7.33. The normalized spacial score (nSPS) is 25.0. The third-order valence-corrected chi connectivity index (χ3v) is 6.38. The van der Waals surface area contributed by atoms with Crippen LogP contribution in [0.25, 0.3) is 5.69 Å². The highest BCUT2D eigenvalue weighted by Gasteiger charge is 2.53. The van der Waals surface area contributed by atoms with Crippen LogP contribution < -0.4 is 4.74 Å². The van der Waals surface area contributed by atoms with Crippen molar-refractivity contribution in [1.82, 2.24) is 19.6 Å². The number of aliphatic hydroxyl groups excluding tert-OH is 7. The Bertz CT molecular complexity index is 1440. The molecule has 1 aliphatic rings. The molecule has 0 aliphatic carbocycles. The average molecular weight is 585 g/mol. The number of ether oxygens (including phenoxy) is 2. The first-order valence-electron chi connectivity index (χ1n) is 12.9. The number of benzene rings is 1. The van der Waals surface area contributed by atoms with Crippen molar-refractivity contribution < 1.29 is 50.3 Å². The summed E-state index contributed by atoms with van der Waals surface area (Å²) in [4.78, 5) is 0. The standard InChI is InChI=1S/C28H32N4O10/c33-14-21(36)13-31-11-19(9-29-31)7-8-28(40)25(42-24(16-35)26(38)27(28)39)6-1-18-10-30-32(12-18)20-2-4-23(5-3-20)41-17-22(37)15-34/h2-5,9-12,21-22,24-27,33-40H,13-17H2/t21-,22+,24+,25+,26+,27-,28+/m0/s1. The molecule has 3 heterocycles. The largest absolute Gasteiger partial charge is 0.491 e. The maximum atomic E-state index is 11.4. The zero-order valence-corrected chi connectivity index (χ0v) is 22.3. The zero-order chi connectivity index (χ0) is 30.3. The smallest absolute Gasteiger partial charge is 0.191 e. The highest BCUT2D eigenvalue weighted by atomic mass is 16.5. The highest BCUT2D eigenvalue weighted by Crippen LogP contribution is 2.30. The van der Waals surface area contributed by atoms with Gasteiger partial charge in [-0.15, -0.1) is 0 Å². The second kappa shape index (κ2) is 13.9. The van der Waals surface area contributed by atoms with Crippen LogP contribution >= 0.6 is 0 Å². The van der Waals surface area contributed by atoms with Crippen molar-refractivity contribution >= 4 is 0 Å². The number of rotatable bonds is 9. The van der Waals surface area contributed by atoms with Crippen LogP contribution in [0.1, 0.15) is 11.1 Å². The van der Waals surface area contributed by atoms with Crippen LogP contribution in [0.4, 0.5) is 0 Å². The van der Waals surface area contributed by atoms with Crippen molar-refractivity contribution in [3.8, 4) is 35.1 Å². The molecule has 1 saturated heterocycles. The van der Waals surface area contributed by atoms with E-state index in [1.54, 1.807) is 30.5 Å². The van der Waals surface area contributed by atoms with Gasteiger partial charge in [-0.2, -0.15) is 10.2 Å². The van der Waals surface area contributed by atoms with Gasteiger partial charge in [0, 0.05) is 12.4 Å². The Morgan fingerprint density at radius 3 is 2.33 bits per heavy atom. The second-order valence-electron chi connectivity index (χ2n) is 9.62. The molecule has 0 radical (unpaired) electrons. The number of nitrogens with zero attached hydrogens (tertiary/aromatic N) is 4. The lowest BCUT2D eigenvalue weighted by Crippen LogP contribution is -2.65. The van der Waals surface area contributed by atoms with Crippen molar-refractivity contribution in [2.75, 3.05) is 26.4 Å². The second-order valence-corrected chi connectivity index (χ2v) is 9.62. The SMILES string of the molecule is OC[C@@H](O)COc1ccc(-n2cc(C#C[C@H]3O[C@H](CO)[C@@H](O)[C@H](O)[C@@]3(O)C#Cc3cnn(C[C@H](O)CO)c3)cn2)cc1. The summed E-state index contributed by atoms with van der Waals surface area (Å²) in [5.41, 5.74) is -0.959. The molecule has 0 saturated carbocycles. The third-order valence-electron chi connectivity index (χ3n) is 6.38. The lowest BCUT2D eigenvalue weighted by molar-refractivity contribution is -0.239. The highest BCUT2D eigenvalue weighted by molar-refractivity contribution is 5.42. The van der Waals surface area contributed by atoms with Crippen LogP contribution in [0.5, 0.6) is 5.75 Å². The van der Waals surface area contributed by atoms with Gasteiger partial charge < -0.3 is 50.3 Å². The predicted molar refractivity (Wildman–Crippen MR) is 144 cm³/mol. The van der Waals surface area contributed by atoms with E-state index < -0.39 is 62.0 Å². The Balaban J connectivity index is 1.54. The van der Waals surface area contributed by atoms with Gasteiger partial charge in [0.1, 0.15) is 36.8 Å². The molecular formula is C28H32N4O10. The summed E-state index contributed by atoms with van der Waals surface area (Å²) in [6, 6.07) is 6.78. The summed E-state index contributed by atoms with van der Waals surface area (Å²) in [5.74, 6) is 11.2. The fourth-order valence-corrected chi connectivity index (χ4v) is 4.00. The van der Waals surface area contributed by atoms with E-state index in [9.17, 15) is 30.6 Å². The van der Waals surface area contributed by atoms with Gasteiger partial charge in [0.05, 0.1) is 61.7 Å². The van der Waals surface area contributed by atoms with Gasteiger partial charge in [-0.25, -0.2) is 4.68 Å². The first-order valence-corrected chi connectivity index (χ1v) is 12.9. The maximum absolute atomic E-state index is 11.4. The Morgan fingerprint density at radius 1 is 0.952 bits per heavy atom. The molecule has 4 rings (SSSR count). The molecular weight excluding hydrogens is 552 g/mol. The number of hydrogen-bond acceptors (Lipinski definition) is 12. The van der Waals surface area contributed by atoms with Crippen molar-refractivity contribution in [1.29, 1.82) is 0 Å². The van der Waals surface area contributed by atoms with E-state index in [1.165, 1.54) is 28.0 Å². The van der Waals surface area contributed by atoms with E-state index in [0.717, 1.165) is 0 Å². The molecule has 0 amide bonds. The first kappa shape index (κ1) is 31.1. The van der Waals surface area contributed by atoms with E-state index >= 15 is 0 Å². The topological polar surface area (TPSA) is 216 Å². The van der Waals surface area contributed by atoms with Gasteiger partial charge in [-0.05, 0) is 24.3 Å². The quantitative estimate of drug-likeness (QED) is 0.117. The molecule has 2 aromatic heterocycles. The summed E-state index contributed by atoms with van der Waals surface area (Å²) in [6.07, 6.45) is -2.29. The molecule has 1 aliphatic heterocycles. The van der Waals surface area contributed by atoms with Crippen molar-refractivity contribution in [3.63, 3.8) is 0 Å². The van der Waals surface area contributed by atoms with Crippen molar-refractivity contribution in [3.05, 3.63) is 60.2 Å². The Labute approximate surface area is 240 Å². The van der Waals surface area contributed by atoms with Gasteiger partial charge in [0.15, 0.2) is 11.7 Å². The van der Waals surface area contributed by atoms with E-state index in [1.807, 2.05) is 0 Å². The number of hydrogen-bond donors (Lipinski definition) is 8.